The SMILES string of the molecule is CC[C@@H](C)NC(=O)[C@H](C)N(Cc1ccc(Cl)cc1Cl)C(=O)CN(c1ccccc1F)S(=O)(=O)c1ccccc1. The maximum atomic E-state index is 14.9. The van der Waals surface area contributed by atoms with E-state index in [1.165, 1.54) is 53.4 Å². The molecule has 0 aliphatic heterocycles. The summed E-state index contributed by atoms with van der Waals surface area (Å²) in [6.45, 7) is 4.41. The van der Waals surface area contributed by atoms with Crippen LogP contribution in [0.25, 0.3) is 0 Å². The van der Waals surface area contributed by atoms with Gasteiger partial charge in [-0.25, -0.2) is 12.8 Å². The van der Waals surface area contributed by atoms with Gasteiger partial charge in [0.15, 0.2) is 0 Å². The molecule has 11 heteroatoms. The van der Waals surface area contributed by atoms with Crippen molar-refractivity contribution in [1.82, 2.24) is 10.2 Å². The second kappa shape index (κ2) is 13.3. The topological polar surface area (TPSA) is 86.8 Å². The van der Waals surface area contributed by atoms with Gasteiger partial charge in [-0.1, -0.05) is 66.5 Å². The smallest absolute Gasteiger partial charge is 0.264 e. The number of carbonyl (C=O) groups is 2. The largest absolute Gasteiger partial charge is 0.352 e. The number of hydrogen-bond acceptors (Lipinski definition) is 4. The molecule has 0 aliphatic carbocycles. The quantitative estimate of drug-likeness (QED) is 0.311. The van der Waals surface area contributed by atoms with E-state index >= 15 is 0 Å². The highest BCUT2D eigenvalue weighted by Gasteiger charge is 2.34. The number of anilines is 1. The number of rotatable bonds is 11. The molecule has 0 radical (unpaired) electrons. The lowest BCUT2D eigenvalue weighted by atomic mass is 10.1. The summed E-state index contributed by atoms with van der Waals surface area (Å²) in [5.41, 5.74) is 0.205. The number of para-hydroxylation sites is 1. The van der Waals surface area contributed by atoms with Crippen LogP contribution in [0.2, 0.25) is 10.0 Å². The van der Waals surface area contributed by atoms with Crippen molar-refractivity contribution in [3.05, 3.63) is 94.2 Å². The standard InChI is InChI=1S/C28H30Cl2FN3O4S/c1-4-19(2)32-28(36)20(3)33(17-21-14-15-22(29)16-24(21)30)27(35)18-34(26-13-9-8-12-25(26)31)39(37,38)23-10-6-5-7-11-23/h5-16,19-20H,4,17-18H2,1-3H3,(H,32,36)/t19-,20+/m1/s1. The van der Waals surface area contributed by atoms with Crippen molar-refractivity contribution in [3.8, 4) is 0 Å². The Kier molecular flexibility index (Phi) is 10.4. The van der Waals surface area contributed by atoms with Gasteiger partial charge in [-0.15, -0.1) is 0 Å². The third-order valence-corrected chi connectivity index (χ3v) is 8.62. The number of nitrogens with zero attached hydrogens (tertiary/aromatic N) is 2. The van der Waals surface area contributed by atoms with Crippen LogP contribution in [-0.4, -0.2) is 43.8 Å². The van der Waals surface area contributed by atoms with Gasteiger partial charge in [-0.3, -0.25) is 13.9 Å². The van der Waals surface area contributed by atoms with Crippen molar-refractivity contribution in [2.75, 3.05) is 10.8 Å². The van der Waals surface area contributed by atoms with Crippen LogP contribution in [-0.2, 0) is 26.2 Å². The van der Waals surface area contributed by atoms with Gasteiger partial charge < -0.3 is 10.2 Å². The van der Waals surface area contributed by atoms with E-state index < -0.39 is 40.2 Å². The molecule has 2 amide bonds. The van der Waals surface area contributed by atoms with Crippen LogP contribution in [0.15, 0.2) is 77.7 Å². The number of halogens is 3. The first-order valence-electron chi connectivity index (χ1n) is 12.3. The number of sulfonamides is 1. The first kappa shape index (κ1) is 30.4. The molecular formula is C28H30Cl2FN3O4S. The summed E-state index contributed by atoms with van der Waals surface area (Å²) in [5.74, 6) is -1.97. The van der Waals surface area contributed by atoms with E-state index in [1.54, 1.807) is 25.1 Å². The van der Waals surface area contributed by atoms with Crippen molar-refractivity contribution in [2.24, 2.45) is 0 Å². The molecule has 0 aromatic heterocycles. The molecule has 0 saturated heterocycles. The second-order valence-electron chi connectivity index (χ2n) is 9.03. The Morgan fingerprint density at radius 2 is 1.62 bits per heavy atom. The third kappa shape index (κ3) is 7.50. The van der Waals surface area contributed by atoms with Gasteiger partial charge in [0.25, 0.3) is 10.0 Å². The van der Waals surface area contributed by atoms with E-state index in [9.17, 15) is 22.4 Å². The molecule has 39 heavy (non-hydrogen) atoms. The normalized spacial score (nSPS) is 12.9. The molecule has 208 valence electrons. The average molecular weight is 595 g/mol. The van der Waals surface area contributed by atoms with E-state index in [0.717, 1.165) is 10.4 Å². The predicted molar refractivity (Wildman–Crippen MR) is 152 cm³/mol. The lowest BCUT2D eigenvalue weighted by Crippen LogP contribution is -2.52. The summed E-state index contributed by atoms with van der Waals surface area (Å²) in [4.78, 5) is 28.0. The fourth-order valence-corrected chi connectivity index (χ4v) is 5.68. The van der Waals surface area contributed by atoms with Gasteiger partial charge in [-0.05, 0) is 62.2 Å². The first-order valence-corrected chi connectivity index (χ1v) is 14.5. The van der Waals surface area contributed by atoms with E-state index in [-0.39, 0.29) is 28.2 Å². The van der Waals surface area contributed by atoms with E-state index in [1.807, 2.05) is 13.8 Å². The molecule has 3 aromatic rings. The van der Waals surface area contributed by atoms with Gasteiger partial charge in [0.05, 0.1) is 10.6 Å². The molecule has 0 fully saturated rings. The summed E-state index contributed by atoms with van der Waals surface area (Å²) in [5, 5.41) is 3.51. The molecule has 0 heterocycles. The average Bonchev–Trinajstić information content (AvgIpc) is 2.91. The maximum absolute atomic E-state index is 14.9. The van der Waals surface area contributed by atoms with Crippen LogP contribution in [0.5, 0.6) is 0 Å². The Bertz CT molecular complexity index is 1420. The van der Waals surface area contributed by atoms with Crippen LogP contribution in [0.4, 0.5) is 10.1 Å². The van der Waals surface area contributed by atoms with Crippen molar-refractivity contribution in [2.45, 2.75) is 50.7 Å². The summed E-state index contributed by atoms with van der Waals surface area (Å²) in [7, 11) is -4.36. The molecule has 0 unspecified atom stereocenters. The number of nitrogens with one attached hydrogen (secondary N) is 1. The van der Waals surface area contributed by atoms with Gasteiger partial charge in [0.1, 0.15) is 18.4 Å². The Morgan fingerprint density at radius 1 is 0.974 bits per heavy atom. The maximum Gasteiger partial charge on any atom is 0.264 e. The van der Waals surface area contributed by atoms with Crippen LogP contribution in [0.3, 0.4) is 0 Å². The van der Waals surface area contributed by atoms with Crippen LogP contribution >= 0.6 is 23.2 Å². The van der Waals surface area contributed by atoms with Gasteiger partial charge in [0, 0.05) is 22.6 Å². The molecule has 1 N–H and O–H groups in total. The number of hydrogen-bond donors (Lipinski definition) is 1. The Morgan fingerprint density at radius 3 is 2.23 bits per heavy atom. The van der Waals surface area contributed by atoms with Crippen LogP contribution in [0, 0.1) is 5.82 Å². The molecular weight excluding hydrogens is 564 g/mol. The zero-order valence-corrected chi connectivity index (χ0v) is 24.1. The predicted octanol–water partition coefficient (Wildman–Crippen LogP) is 5.66. The van der Waals surface area contributed by atoms with Crippen molar-refractivity contribution >= 4 is 50.7 Å². The van der Waals surface area contributed by atoms with E-state index in [4.69, 9.17) is 23.2 Å². The molecule has 7 nitrogen and oxygen atoms in total. The Hall–Kier alpha value is -3.14. The summed E-state index contributed by atoms with van der Waals surface area (Å²) >= 11 is 12.4. The van der Waals surface area contributed by atoms with Crippen molar-refractivity contribution in [3.63, 3.8) is 0 Å². The van der Waals surface area contributed by atoms with Gasteiger partial charge >= 0.3 is 0 Å². The van der Waals surface area contributed by atoms with Crippen molar-refractivity contribution in [1.29, 1.82) is 0 Å². The fourth-order valence-electron chi connectivity index (χ4n) is 3.77. The highest BCUT2D eigenvalue weighted by atomic mass is 35.5. The lowest BCUT2D eigenvalue weighted by molar-refractivity contribution is -0.139. The van der Waals surface area contributed by atoms with Gasteiger partial charge in [0.2, 0.25) is 11.8 Å². The minimum atomic E-state index is -4.36. The van der Waals surface area contributed by atoms with E-state index in [2.05, 4.69) is 5.32 Å². The molecule has 0 saturated carbocycles. The Balaban J connectivity index is 2.05. The van der Waals surface area contributed by atoms with Gasteiger partial charge in [-0.2, -0.15) is 0 Å². The molecule has 2 atom stereocenters. The van der Waals surface area contributed by atoms with Crippen LogP contribution in [0.1, 0.15) is 32.8 Å². The first-order chi connectivity index (χ1) is 18.4. The zero-order chi connectivity index (χ0) is 28.7. The molecule has 3 aromatic carbocycles. The zero-order valence-electron chi connectivity index (χ0n) is 21.8. The number of benzene rings is 3. The Labute approximate surface area is 238 Å². The molecule has 3 rings (SSSR count). The molecule has 0 bridgehead atoms. The highest BCUT2D eigenvalue weighted by molar-refractivity contribution is 7.92. The minimum Gasteiger partial charge on any atom is -0.352 e. The fraction of sp³-hybridized carbons (Fsp3) is 0.286. The highest BCUT2D eigenvalue weighted by Crippen LogP contribution is 2.28. The second-order valence-corrected chi connectivity index (χ2v) is 11.7. The summed E-state index contributed by atoms with van der Waals surface area (Å²) in [6, 6.07) is 16.3. The van der Waals surface area contributed by atoms with Crippen molar-refractivity contribution < 1.29 is 22.4 Å². The summed E-state index contributed by atoms with van der Waals surface area (Å²) in [6.07, 6.45) is 0.672. The number of amides is 2. The molecule has 0 aliphatic rings. The number of carbonyl (C=O) groups excluding carboxylic acids is 2. The monoisotopic (exact) mass is 593 g/mol. The van der Waals surface area contributed by atoms with E-state index in [0.29, 0.717) is 17.0 Å². The summed E-state index contributed by atoms with van der Waals surface area (Å²) < 4.78 is 42.9. The third-order valence-electron chi connectivity index (χ3n) is 6.26. The lowest BCUT2D eigenvalue weighted by Gasteiger charge is -2.32. The minimum absolute atomic E-state index is 0.111. The van der Waals surface area contributed by atoms with Crippen LogP contribution < -0.4 is 9.62 Å². The molecule has 0 spiro atoms.